The minimum atomic E-state index is -4.28. The Kier molecular flexibility index (Phi) is 9.64. The third-order valence-corrected chi connectivity index (χ3v) is 8.32. The summed E-state index contributed by atoms with van der Waals surface area (Å²) in [5.41, 5.74) is 1.75. The van der Waals surface area contributed by atoms with Crippen molar-refractivity contribution in [3.05, 3.63) is 113 Å². The number of methoxy groups -OCH3 is 2. The molecule has 2 N–H and O–H groups in total. The average molecular weight is 596 g/mol. The molecule has 0 aliphatic heterocycles. The van der Waals surface area contributed by atoms with Crippen LogP contribution in [0.4, 0.5) is 25.0 Å². The van der Waals surface area contributed by atoms with Crippen molar-refractivity contribution >= 4 is 27.4 Å². The normalized spacial score (nSPS) is 11.1. The molecule has 2 amide bonds. The van der Waals surface area contributed by atoms with Crippen LogP contribution in [0.25, 0.3) is 0 Å². The summed E-state index contributed by atoms with van der Waals surface area (Å²) in [6.45, 7) is 1.54. The smallest absolute Gasteiger partial charge is 0.319 e. The second-order valence-electron chi connectivity index (χ2n) is 9.35. The summed E-state index contributed by atoms with van der Waals surface area (Å²) in [6.07, 6.45) is -0.199. The van der Waals surface area contributed by atoms with E-state index < -0.39 is 27.7 Å². The number of amides is 2. The molecule has 0 aliphatic carbocycles. The summed E-state index contributed by atoms with van der Waals surface area (Å²) >= 11 is 0. The first-order valence-electron chi connectivity index (χ1n) is 13.0. The Bertz CT molecular complexity index is 1650. The van der Waals surface area contributed by atoms with Gasteiger partial charge in [0.05, 0.1) is 31.3 Å². The highest BCUT2D eigenvalue weighted by Gasteiger charge is 2.28. The van der Waals surface area contributed by atoms with Crippen LogP contribution in [-0.4, -0.2) is 41.8 Å². The molecule has 0 spiro atoms. The summed E-state index contributed by atoms with van der Waals surface area (Å²) in [4.78, 5) is 12.4. The van der Waals surface area contributed by atoms with Crippen LogP contribution in [0.3, 0.4) is 0 Å². The molecular weight excluding hydrogens is 564 g/mol. The summed E-state index contributed by atoms with van der Waals surface area (Å²) in [5, 5.41) is 5.36. The molecule has 0 fully saturated rings. The highest BCUT2D eigenvalue weighted by atomic mass is 32.2. The predicted octanol–water partition coefficient (Wildman–Crippen LogP) is 5.90. The fraction of sp³-hybridized carbons (Fsp3) is 0.194. The molecule has 0 radical (unpaired) electrons. The molecule has 0 aromatic heterocycles. The SMILES string of the molecule is COc1ccc(S(=O)(=O)N(CCNC(=O)Nc2ccccc2)c2ccc(C)cc2Cc2c(F)cccc2F)cc1OC. The number of nitrogens with one attached hydrogen (secondary N) is 2. The van der Waals surface area contributed by atoms with E-state index in [4.69, 9.17) is 9.47 Å². The molecule has 0 heterocycles. The first-order chi connectivity index (χ1) is 20.1. The van der Waals surface area contributed by atoms with Crippen LogP contribution in [-0.2, 0) is 16.4 Å². The molecule has 0 unspecified atom stereocenters. The Balaban J connectivity index is 1.72. The van der Waals surface area contributed by atoms with Crippen LogP contribution in [0.5, 0.6) is 11.5 Å². The minimum Gasteiger partial charge on any atom is -0.493 e. The van der Waals surface area contributed by atoms with Crippen molar-refractivity contribution < 1.29 is 31.5 Å². The second kappa shape index (κ2) is 13.3. The molecule has 0 atom stereocenters. The number of urea groups is 1. The quantitative estimate of drug-likeness (QED) is 0.225. The van der Waals surface area contributed by atoms with Gasteiger partial charge in [0, 0.05) is 30.3 Å². The number of nitrogens with zero attached hydrogens (tertiary/aromatic N) is 1. The highest BCUT2D eigenvalue weighted by molar-refractivity contribution is 7.92. The first kappa shape index (κ1) is 30.3. The van der Waals surface area contributed by atoms with E-state index in [9.17, 15) is 22.0 Å². The number of para-hydroxylation sites is 1. The van der Waals surface area contributed by atoms with Crippen molar-refractivity contribution in [1.29, 1.82) is 0 Å². The van der Waals surface area contributed by atoms with Gasteiger partial charge in [-0.2, -0.15) is 0 Å². The van der Waals surface area contributed by atoms with Gasteiger partial charge >= 0.3 is 6.03 Å². The van der Waals surface area contributed by atoms with Crippen molar-refractivity contribution in [3.63, 3.8) is 0 Å². The van der Waals surface area contributed by atoms with Gasteiger partial charge in [-0.05, 0) is 55.0 Å². The first-order valence-corrected chi connectivity index (χ1v) is 14.4. The predicted molar refractivity (Wildman–Crippen MR) is 158 cm³/mol. The number of carbonyl (C=O) groups excluding carboxylic acids is 1. The number of hydrogen-bond acceptors (Lipinski definition) is 5. The lowest BCUT2D eigenvalue weighted by atomic mass is 10.00. The molecule has 42 heavy (non-hydrogen) atoms. The van der Waals surface area contributed by atoms with E-state index in [-0.39, 0.29) is 41.4 Å². The molecule has 220 valence electrons. The van der Waals surface area contributed by atoms with Gasteiger partial charge in [0.15, 0.2) is 11.5 Å². The van der Waals surface area contributed by atoms with Gasteiger partial charge in [-0.1, -0.05) is 42.0 Å². The average Bonchev–Trinajstić information content (AvgIpc) is 2.97. The van der Waals surface area contributed by atoms with Crippen molar-refractivity contribution in [2.75, 3.05) is 36.9 Å². The number of anilines is 2. The maximum atomic E-state index is 14.6. The summed E-state index contributed by atoms with van der Waals surface area (Å²) in [5.74, 6) is -0.934. The third-order valence-electron chi connectivity index (χ3n) is 6.51. The van der Waals surface area contributed by atoms with Gasteiger partial charge in [0.1, 0.15) is 11.6 Å². The molecule has 4 aromatic carbocycles. The van der Waals surface area contributed by atoms with E-state index in [2.05, 4.69) is 10.6 Å². The fourth-order valence-electron chi connectivity index (χ4n) is 4.43. The van der Waals surface area contributed by atoms with Gasteiger partial charge in [0.2, 0.25) is 0 Å². The number of rotatable bonds is 11. The van der Waals surface area contributed by atoms with Crippen LogP contribution >= 0.6 is 0 Å². The van der Waals surface area contributed by atoms with Crippen molar-refractivity contribution in [2.45, 2.75) is 18.2 Å². The maximum absolute atomic E-state index is 14.6. The van der Waals surface area contributed by atoms with E-state index in [1.165, 1.54) is 38.5 Å². The summed E-state index contributed by atoms with van der Waals surface area (Å²) in [7, 11) is -1.45. The van der Waals surface area contributed by atoms with Crippen LogP contribution in [0.1, 0.15) is 16.7 Å². The monoisotopic (exact) mass is 595 g/mol. The zero-order valence-electron chi connectivity index (χ0n) is 23.4. The van der Waals surface area contributed by atoms with Crippen LogP contribution in [0, 0.1) is 18.6 Å². The standard InChI is InChI=1S/C31H31F2N3O5S/c1-21-12-14-28(22(18-21)19-25-26(32)10-7-11-27(25)33)36(17-16-34-31(37)35-23-8-5-4-6-9-23)42(38,39)24-13-15-29(40-2)30(20-24)41-3/h4-15,18,20H,16-17,19H2,1-3H3,(H2,34,35,37). The van der Waals surface area contributed by atoms with E-state index in [0.717, 1.165) is 22.0 Å². The lowest BCUT2D eigenvalue weighted by molar-refractivity contribution is 0.252. The van der Waals surface area contributed by atoms with Gasteiger partial charge in [-0.25, -0.2) is 22.0 Å². The van der Waals surface area contributed by atoms with Gasteiger partial charge in [0.25, 0.3) is 10.0 Å². The Morgan fingerprint density at radius 1 is 0.857 bits per heavy atom. The van der Waals surface area contributed by atoms with Crippen molar-refractivity contribution in [2.24, 2.45) is 0 Å². The molecule has 8 nitrogen and oxygen atoms in total. The van der Waals surface area contributed by atoms with E-state index in [1.807, 2.05) is 6.07 Å². The molecule has 11 heteroatoms. The number of carbonyl (C=O) groups is 1. The number of aryl methyl sites for hydroxylation is 1. The number of benzene rings is 4. The fourth-order valence-corrected chi connectivity index (χ4v) is 5.95. The van der Waals surface area contributed by atoms with Gasteiger partial charge < -0.3 is 20.1 Å². The van der Waals surface area contributed by atoms with Crippen molar-refractivity contribution in [3.8, 4) is 11.5 Å². The lowest BCUT2D eigenvalue weighted by Gasteiger charge is -2.28. The number of hydrogen-bond donors (Lipinski definition) is 2. The maximum Gasteiger partial charge on any atom is 0.319 e. The van der Waals surface area contributed by atoms with E-state index in [0.29, 0.717) is 17.0 Å². The second-order valence-corrected chi connectivity index (χ2v) is 11.2. The largest absolute Gasteiger partial charge is 0.493 e. The van der Waals surface area contributed by atoms with Crippen LogP contribution in [0.15, 0.2) is 89.8 Å². The Morgan fingerprint density at radius 2 is 1.55 bits per heavy atom. The van der Waals surface area contributed by atoms with Crippen LogP contribution < -0.4 is 24.4 Å². The molecule has 0 aliphatic rings. The molecule has 4 rings (SSSR count). The zero-order chi connectivity index (χ0) is 30.3. The van der Waals surface area contributed by atoms with Crippen LogP contribution in [0.2, 0.25) is 0 Å². The molecule has 4 aromatic rings. The zero-order valence-corrected chi connectivity index (χ0v) is 24.2. The van der Waals surface area contributed by atoms with E-state index >= 15 is 0 Å². The van der Waals surface area contributed by atoms with E-state index in [1.54, 1.807) is 49.4 Å². The third kappa shape index (κ3) is 6.98. The van der Waals surface area contributed by atoms with Crippen molar-refractivity contribution in [1.82, 2.24) is 5.32 Å². The van der Waals surface area contributed by atoms with Gasteiger partial charge in [-0.15, -0.1) is 0 Å². The molecule has 0 saturated carbocycles. The molecule has 0 bridgehead atoms. The Morgan fingerprint density at radius 3 is 2.21 bits per heavy atom. The molecular formula is C31H31F2N3O5S. The topological polar surface area (TPSA) is 97.0 Å². The minimum absolute atomic E-state index is 0.0768. The number of ether oxygens (including phenoxy) is 2. The summed E-state index contributed by atoms with van der Waals surface area (Å²) in [6, 6.07) is 21.0. The lowest BCUT2D eigenvalue weighted by Crippen LogP contribution is -2.40. The van der Waals surface area contributed by atoms with Gasteiger partial charge in [-0.3, -0.25) is 4.31 Å². The Hall–Kier alpha value is -4.64. The molecule has 0 saturated heterocycles. The number of sulfonamides is 1. The Labute approximate surface area is 243 Å². The highest BCUT2D eigenvalue weighted by Crippen LogP contribution is 2.34. The number of halogens is 2. The summed E-state index contributed by atoms with van der Waals surface area (Å²) < 4.78 is 69.3.